The van der Waals surface area contributed by atoms with E-state index in [9.17, 15) is 9.90 Å². The fraction of sp³-hybridized carbons (Fsp3) is 0.923. The van der Waals surface area contributed by atoms with E-state index in [1.165, 1.54) is 19.3 Å². The average molecular weight is 225 g/mol. The SMILES string of the molecule is CCC(C(=O)O)[C@H]1C[C@H]2CCC[C@@H](C1)N2C. The second-order valence-corrected chi connectivity index (χ2v) is 5.49. The van der Waals surface area contributed by atoms with E-state index < -0.39 is 5.97 Å². The number of rotatable bonds is 3. The zero-order chi connectivity index (χ0) is 11.7. The smallest absolute Gasteiger partial charge is 0.306 e. The molecule has 0 aromatic carbocycles. The number of nitrogens with zero attached hydrogens (tertiary/aromatic N) is 1. The quantitative estimate of drug-likeness (QED) is 0.801. The number of carboxylic acids is 1. The summed E-state index contributed by atoms with van der Waals surface area (Å²) in [6.07, 6.45) is 6.83. The zero-order valence-corrected chi connectivity index (χ0v) is 10.4. The highest BCUT2D eigenvalue weighted by Crippen LogP contribution is 2.39. The molecule has 3 nitrogen and oxygen atoms in total. The molecule has 2 heterocycles. The lowest BCUT2D eigenvalue weighted by molar-refractivity contribution is -0.145. The van der Waals surface area contributed by atoms with Crippen molar-refractivity contribution in [3.8, 4) is 0 Å². The molecule has 2 fully saturated rings. The zero-order valence-electron chi connectivity index (χ0n) is 10.4. The van der Waals surface area contributed by atoms with Crippen LogP contribution in [0.25, 0.3) is 0 Å². The van der Waals surface area contributed by atoms with Crippen LogP contribution in [0.15, 0.2) is 0 Å². The molecule has 0 amide bonds. The van der Waals surface area contributed by atoms with Gasteiger partial charge in [0, 0.05) is 12.1 Å². The molecular weight excluding hydrogens is 202 g/mol. The Balaban J connectivity index is 2.06. The molecule has 1 unspecified atom stereocenters. The van der Waals surface area contributed by atoms with Crippen LogP contribution >= 0.6 is 0 Å². The molecule has 1 N–H and O–H groups in total. The van der Waals surface area contributed by atoms with Gasteiger partial charge in [-0.2, -0.15) is 0 Å². The van der Waals surface area contributed by atoms with Crippen molar-refractivity contribution in [2.45, 2.75) is 57.5 Å². The molecule has 0 spiro atoms. The fourth-order valence-corrected chi connectivity index (χ4v) is 3.70. The molecule has 3 heteroatoms. The normalized spacial score (nSPS) is 37.0. The van der Waals surface area contributed by atoms with Gasteiger partial charge in [-0.25, -0.2) is 0 Å². The Kier molecular flexibility index (Phi) is 3.53. The summed E-state index contributed by atoms with van der Waals surface area (Å²) in [6.45, 7) is 2.01. The summed E-state index contributed by atoms with van der Waals surface area (Å²) in [7, 11) is 2.21. The monoisotopic (exact) mass is 225 g/mol. The highest BCUT2D eigenvalue weighted by atomic mass is 16.4. The summed E-state index contributed by atoms with van der Waals surface area (Å²) in [5.41, 5.74) is 0. The minimum absolute atomic E-state index is 0.114. The van der Waals surface area contributed by atoms with Gasteiger partial charge in [-0.1, -0.05) is 13.3 Å². The van der Waals surface area contributed by atoms with Gasteiger partial charge in [0.25, 0.3) is 0 Å². The number of aliphatic carboxylic acids is 1. The topological polar surface area (TPSA) is 40.5 Å². The van der Waals surface area contributed by atoms with Crippen molar-refractivity contribution in [3.63, 3.8) is 0 Å². The maximum absolute atomic E-state index is 11.2. The van der Waals surface area contributed by atoms with Gasteiger partial charge in [0.15, 0.2) is 0 Å². The van der Waals surface area contributed by atoms with Crippen molar-refractivity contribution in [1.82, 2.24) is 4.90 Å². The number of carbonyl (C=O) groups is 1. The van der Waals surface area contributed by atoms with Gasteiger partial charge < -0.3 is 10.0 Å². The Morgan fingerprint density at radius 3 is 2.38 bits per heavy atom. The summed E-state index contributed by atoms with van der Waals surface area (Å²) in [5.74, 6) is -0.291. The van der Waals surface area contributed by atoms with Gasteiger partial charge in [0.1, 0.15) is 0 Å². The Morgan fingerprint density at radius 1 is 1.38 bits per heavy atom. The number of carboxylic acid groups (broad SMARTS) is 1. The van der Waals surface area contributed by atoms with E-state index >= 15 is 0 Å². The van der Waals surface area contributed by atoms with Crippen molar-refractivity contribution < 1.29 is 9.90 Å². The molecule has 2 aliphatic heterocycles. The number of fused-ring (bicyclic) bond motifs is 2. The van der Waals surface area contributed by atoms with E-state index in [1.54, 1.807) is 0 Å². The number of piperidine rings is 2. The minimum atomic E-state index is -0.588. The van der Waals surface area contributed by atoms with E-state index in [0.29, 0.717) is 18.0 Å². The van der Waals surface area contributed by atoms with E-state index in [-0.39, 0.29) is 5.92 Å². The summed E-state index contributed by atoms with van der Waals surface area (Å²) >= 11 is 0. The molecule has 2 rings (SSSR count). The molecule has 16 heavy (non-hydrogen) atoms. The number of hydrogen-bond donors (Lipinski definition) is 1. The third-order valence-corrected chi connectivity index (χ3v) is 4.70. The van der Waals surface area contributed by atoms with Crippen molar-refractivity contribution in [1.29, 1.82) is 0 Å². The predicted octanol–water partition coefficient (Wildman–Crippen LogP) is 2.36. The summed E-state index contributed by atoms with van der Waals surface area (Å²) < 4.78 is 0. The Labute approximate surface area is 97.8 Å². The molecule has 4 atom stereocenters. The Hall–Kier alpha value is -0.570. The van der Waals surface area contributed by atoms with E-state index in [4.69, 9.17) is 0 Å². The van der Waals surface area contributed by atoms with Gasteiger partial charge in [0.2, 0.25) is 0 Å². The fourth-order valence-electron chi connectivity index (χ4n) is 3.70. The average Bonchev–Trinajstić information content (AvgIpc) is 2.19. The van der Waals surface area contributed by atoms with Crippen LogP contribution < -0.4 is 0 Å². The first-order chi connectivity index (χ1) is 7.63. The summed E-state index contributed by atoms with van der Waals surface area (Å²) in [5, 5.41) is 9.24. The lowest BCUT2D eigenvalue weighted by Gasteiger charge is -2.48. The molecule has 2 saturated heterocycles. The molecule has 0 radical (unpaired) electrons. The first kappa shape index (κ1) is 11.9. The van der Waals surface area contributed by atoms with Gasteiger partial charge in [-0.05, 0) is 45.1 Å². The van der Waals surface area contributed by atoms with Gasteiger partial charge in [-0.3, -0.25) is 4.79 Å². The van der Waals surface area contributed by atoms with Crippen LogP contribution in [-0.4, -0.2) is 35.1 Å². The lowest BCUT2D eigenvalue weighted by Crippen LogP contribution is -2.51. The molecule has 2 aliphatic rings. The minimum Gasteiger partial charge on any atom is -0.481 e. The van der Waals surface area contributed by atoms with Crippen molar-refractivity contribution >= 4 is 5.97 Å². The van der Waals surface area contributed by atoms with Gasteiger partial charge >= 0.3 is 5.97 Å². The summed E-state index contributed by atoms with van der Waals surface area (Å²) in [4.78, 5) is 13.7. The van der Waals surface area contributed by atoms with E-state index in [0.717, 1.165) is 19.3 Å². The molecule has 0 saturated carbocycles. The van der Waals surface area contributed by atoms with Crippen LogP contribution in [0.2, 0.25) is 0 Å². The molecule has 0 aliphatic carbocycles. The molecule has 0 aromatic heterocycles. The summed E-state index contributed by atoms with van der Waals surface area (Å²) in [6, 6.07) is 1.29. The van der Waals surface area contributed by atoms with Crippen LogP contribution in [-0.2, 0) is 4.79 Å². The van der Waals surface area contributed by atoms with Crippen LogP contribution in [0.4, 0.5) is 0 Å². The maximum Gasteiger partial charge on any atom is 0.306 e. The van der Waals surface area contributed by atoms with E-state index in [1.807, 2.05) is 6.92 Å². The van der Waals surface area contributed by atoms with Crippen molar-refractivity contribution in [2.75, 3.05) is 7.05 Å². The predicted molar refractivity (Wildman–Crippen MR) is 63.3 cm³/mol. The van der Waals surface area contributed by atoms with Crippen LogP contribution in [0.3, 0.4) is 0 Å². The highest BCUT2D eigenvalue weighted by Gasteiger charge is 2.40. The second-order valence-electron chi connectivity index (χ2n) is 5.49. The largest absolute Gasteiger partial charge is 0.481 e. The standard InChI is InChI=1S/C13H23NO2/c1-3-12(13(15)16)9-7-10-5-4-6-11(8-9)14(10)2/h9-12H,3-8H2,1-2H3,(H,15,16)/t9-,10+,11-,12?. The maximum atomic E-state index is 11.2. The van der Waals surface area contributed by atoms with Crippen LogP contribution in [0.1, 0.15) is 45.4 Å². The second kappa shape index (κ2) is 4.74. The number of hydrogen-bond acceptors (Lipinski definition) is 2. The molecule has 92 valence electrons. The molecular formula is C13H23NO2. The van der Waals surface area contributed by atoms with Crippen LogP contribution in [0.5, 0.6) is 0 Å². The van der Waals surface area contributed by atoms with Gasteiger partial charge in [-0.15, -0.1) is 0 Å². The highest BCUT2D eigenvalue weighted by molar-refractivity contribution is 5.70. The third-order valence-electron chi connectivity index (χ3n) is 4.70. The van der Waals surface area contributed by atoms with Gasteiger partial charge in [0.05, 0.1) is 5.92 Å². The first-order valence-corrected chi connectivity index (χ1v) is 6.58. The van der Waals surface area contributed by atoms with Crippen LogP contribution in [0, 0.1) is 11.8 Å². The van der Waals surface area contributed by atoms with Crippen molar-refractivity contribution in [3.05, 3.63) is 0 Å². The Bertz CT molecular complexity index is 253. The van der Waals surface area contributed by atoms with Crippen molar-refractivity contribution in [2.24, 2.45) is 11.8 Å². The molecule has 0 aromatic rings. The Morgan fingerprint density at radius 2 is 1.94 bits per heavy atom. The first-order valence-electron chi connectivity index (χ1n) is 6.58. The van der Waals surface area contributed by atoms with E-state index in [2.05, 4.69) is 11.9 Å². The molecule has 2 bridgehead atoms. The lowest BCUT2D eigenvalue weighted by atomic mass is 9.73. The third kappa shape index (κ3) is 2.10.